The second kappa shape index (κ2) is 4.54. The standard InChI is InChI=1S/C10H6BrIN2O2/c11-6-4-2-1-3-5(6)8-13-9(15)7(12)10(16)14-8/h1-4H,(H2,13,14,15,16). The Morgan fingerprint density at radius 1 is 1.38 bits per heavy atom. The Labute approximate surface area is 113 Å². The monoisotopic (exact) mass is 392 g/mol. The maximum atomic E-state index is 11.5. The van der Waals surface area contributed by atoms with Crippen molar-refractivity contribution in [3.05, 3.63) is 42.7 Å². The summed E-state index contributed by atoms with van der Waals surface area (Å²) in [5.74, 6) is 0.0884. The average molecular weight is 393 g/mol. The summed E-state index contributed by atoms with van der Waals surface area (Å²) in [6, 6.07) is 7.33. The number of halogens is 2. The van der Waals surface area contributed by atoms with Gasteiger partial charge < -0.3 is 10.1 Å². The summed E-state index contributed by atoms with van der Waals surface area (Å²) in [5.41, 5.74) is 0.380. The third-order valence-electron chi connectivity index (χ3n) is 1.97. The minimum absolute atomic E-state index is 0.188. The molecule has 82 valence electrons. The summed E-state index contributed by atoms with van der Waals surface area (Å²) in [5, 5.41) is 9.48. The lowest BCUT2D eigenvalue weighted by Gasteiger charge is -2.04. The fourth-order valence-corrected chi connectivity index (χ4v) is 1.96. The molecule has 0 spiro atoms. The zero-order valence-corrected chi connectivity index (χ0v) is 11.6. The van der Waals surface area contributed by atoms with Crippen LogP contribution in [0.25, 0.3) is 11.4 Å². The van der Waals surface area contributed by atoms with Crippen molar-refractivity contribution in [2.75, 3.05) is 0 Å². The van der Waals surface area contributed by atoms with E-state index in [0.29, 0.717) is 5.82 Å². The smallest absolute Gasteiger partial charge is 0.268 e. The van der Waals surface area contributed by atoms with Gasteiger partial charge in [0.15, 0.2) is 0 Å². The van der Waals surface area contributed by atoms with Crippen LogP contribution in [0.2, 0.25) is 0 Å². The van der Waals surface area contributed by atoms with Crippen molar-refractivity contribution in [2.24, 2.45) is 0 Å². The van der Waals surface area contributed by atoms with Crippen LogP contribution in [0.4, 0.5) is 0 Å². The summed E-state index contributed by atoms with van der Waals surface area (Å²) in [6.07, 6.45) is 0. The molecule has 0 amide bonds. The van der Waals surface area contributed by atoms with Crippen molar-refractivity contribution in [3.63, 3.8) is 0 Å². The predicted molar refractivity (Wildman–Crippen MR) is 72.4 cm³/mol. The Morgan fingerprint density at radius 2 is 2.06 bits per heavy atom. The SMILES string of the molecule is O=c1[nH]c(-c2ccccc2Br)nc(O)c1I. The van der Waals surface area contributed by atoms with Gasteiger partial charge in [0.1, 0.15) is 9.39 Å². The highest BCUT2D eigenvalue weighted by Crippen LogP contribution is 2.25. The molecule has 0 aliphatic carbocycles. The number of aromatic hydroxyl groups is 1. The zero-order valence-electron chi connectivity index (χ0n) is 7.87. The van der Waals surface area contributed by atoms with E-state index < -0.39 is 0 Å². The summed E-state index contributed by atoms with van der Waals surface area (Å²) < 4.78 is 0.993. The van der Waals surface area contributed by atoms with Crippen molar-refractivity contribution in [1.29, 1.82) is 0 Å². The first-order chi connectivity index (χ1) is 7.59. The van der Waals surface area contributed by atoms with Crippen LogP contribution in [0.1, 0.15) is 0 Å². The lowest BCUT2D eigenvalue weighted by atomic mass is 10.2. The molecular formula is C10H6BrIN2O2. The minimum atomic E-state index is -0.348. The topological polar surface area (TPSA) is 66.0 Å². The molecule has 0 radical (unpaired) electrons. The molecule has 0 aliphatic heterocycles. The van der Waals surface area contributed by atoms with Gasteiger partial charge in [-0.1, -0.05) is 34.1 Å². The van der Waals surface area contributed by atoms with Crippen molar-refractivity contribution in [1.82, 2.24) is 9.97 Å². The van der Waals surface area contributed by atoms with Gasteiger partial charge >= 0.3 is 0 Å². The second-order valence-electron chi connectivity index (χ2n) is 3.03. The van der Waals surface area contributed by atoms with Gasteiger partial charge in [0.05, 0.1) is 0 Å². The van der Waals surface area contributed by atoms with Crippen LogP contribution in [0.5, 0.6) is 5.88 Å². The van der Waals surface area contributed by atoms with Crippen LogP contribution in [0.15, 0.2) is 33.5 Å². The van der Waals surface area contributed by atoms with E-state index in [2.05, 4.69) is 25.9 Å². The van der Waals surface area contributed by atoms with Gasteiger partial charge in [0.2, 0.25) is 5.88 Å². The number of nitrogens with zero attached hydrogens (tertiary/aromatic N) is 1. The fourth-order valence-electron chi connectivity index (χ4n) is 1.23. The van der Waals surface area contributed by atoms with Crippen LogP contribution in [-0.2, 0) is 0 Å². The largest absolute Gasteiger partial charge is 0.492 e. The quantitative estimate of drug-likeness (QED) is 0.733. The van der Waals surface area contributed by atoms with Gasteiger partial charge in [-0.25, -0.2) is 0 Å². The van der Waals surface area contributed by atoms with Crippen LogP contribution >= 0.6 is 38.5 Å². The molecule has 0 saturated carbocycles. The third kappa shape index (κ3) is 2.12. The number of aromatic nitrogens is 2. The molecule has 2 aromatic rings. The van der Waals surface area contributed by atoms with Gasteiger partial charge in [0.25, 0.3) is 5.56 Å². The first kappa shape index (κ1) is 11.6. The average Bonchev–Trinajstić information content (AvgIpc) is 2.26. The van der Waals surface area contributed by atoms with Crippen molar-refractivity contribution >= 4 is 38.5 Å². The first-order valence-corrected chi connectivity index (χ1v) is 6.20. The number of rotatable bonds is 1. The van der Waals surface area contributed by atoms with Crippen molar-refractivity contribution in [2.45, 2.75) is 0 Å². The Morgan fingerprint density at radius 3 is 2.69 bits per heavy atom. The Kier molecular flexibility index (Phi) is 3.29. The molecule has 1 heterocycles. The summed E-state index contributed by atoms with van der Waals surface area (Å²) in [6.45, 7) is 0. The summed E-state index contributed by atoms with van der Waals surface area (Å²) >= 11 is 5.10. The molecule has 0 atom stereocenters. The molecule has 6 heteroatoms. The lowest BCUT2D eigenvalue weighted by Crippen LogP contribution is -2.12. The summed E-state index contributed by atoms with van der Waals surface area (Å²) in [7, 11) is 0. The fraction of sp³-hybridized carbons (Fsp3) is 0. The molecule has 2 rings (SSSR count). The minimum Gasteiger partial charge on any atom is -0.492 e. The number of hydrogen-bond acceptors (Lipinski definition) is 3. The Bertz CT molecular complexity index is 598. The Balaban J connectivity index is 2.67. The van der Waals surface area contributed by atoms with E-state index >= 15 is 0 Å². The van der Waals surface area contributed by atoms with E-state index in [1.54, 1.807) is 28.7 Å². The third-order valence-corrected chi connectivity index (χ3v) is 3.64. The van der Waals surface area contributed by atoms with Gasteiger partial charge in [-0.3, -0.25) is 4.79 Å². The molecule has 0 fully saturated rings. The van der Waals surface area contributed by atoms with E-state index in [1.165, 1.54) is 0 Å². The zero-order chi connectivity index (χ0) is 11.7. The van der Waals surface area contributed by atoms with Crippen LogP contribution in [0, 0.1) is 3.57 Å². The number of H-pyrrole nitrogens is 1. The van der Waals surface area contributed by atoms with Crippen LogP contribution in [-0.4, -0.2) is 15.1 Å². The van der Waals surface area contributed by atoms with Crippen molar-refractivity contribution in [3.8, 4) is 17.3 Å². The number of nitrogens with one attached hydrogen (secondary N) is 1. The molecule has 1 aromatic heterocycles. The van der Waals surface area contributed by atoms with E-state index in [-0.39, 0.29) is 15.0 Å². The number of benzene rings is 1. The van der Waals surface area contributed by atoms with Crippen LogP contribution in [0.3, 0.4) is 0 Å². The molecule has 0 bridgehead atoms. The highest BCUT2D eigenvalue weighted by molar-refractivity contribution is 14.1. The predicted octanol–water partition coefficient (Wildman–Crippen LogP) is 2.51. The van der Waals surface area contributed by atoms with Gasteiger partial charge in [-0.2, -0.15) is 4.98 Å². The molecule has 0 unspecified atom stereocenters. The van der Waals surface area contributed by atoms with Gasteiger partial charge in [0, 0.05) is 10.0 Å². The normalized spacial score (nSPS) is 10.4. The van der Waals surface area contributed by atoms with E-state index in [4.69, 9.17) is 0 Å². The molecule has 0 saturated heterocycles. The highest BCUT2D eigenvalue weighted by Gasteiger charge is 2.10. The first-order valence-electron chi connectivity index (χ1n) is 4.33. The molecule has 4 nitrogen and oxygen atoms in total. The summed E-state index contributed by atoms with van der Waals surface area (Å²) in [4.78, 5) is 18.0. The maximum Gasteiger partial charge on any atom is 0.268 e. The molecule has 0 aliphatic rings. The second-order valence-corrected chi connectivity index (χ2v) is 4.97. The van der Waals surface area contributed by atoms with E-state index in [9.17, 15) is 9.90 Å². The van der Waals surface area contributed by atoms with Gasteiger partial charge in [-0.05, 0) is 28.7 Å². The lowest BCUT2D eigenvalue weighted by molar-refractivity contribution is 0.447. The molecule has 16 heavy (non-hydrogen) atoms. The highest BCUT2D eigenvalue weighted by atomic mass is 127. The molecular weight excluding hydrogens is 387 g/mol. The van der Waals surface area contributed by atoms with Crippen molar-refractivity contribution < 1.29 is 5.11 Å². The van der Waals surface area contributed by atoms with Gasteiger partial charge in [-0.15, -0.1) is 0 Å². The maximum absolute atomic E-state index is 11.5. The molecule has 2 N–H and O–H groups in total. The Hall–Kier alpha value is -0.890. The van der Waals surface area contributed by atoms with E-state index in [1.807, 2.05) is 18.2 Å². The molecule has 1 aromatic carbocycles. The van der Waals surface area contributed by atoms with E-state index in [0.717, 1.165) is 10.0 Å². The number of hydrogen-bond donors (Lipinski definition) is 2. The number of aromatic amines is 1. The van der Waals surface area contributed by atoms with Crippen LogP contribution < -0.4 is 5.56 Å².